The van der Waals surface area contributed by atoms with Crippen molar-refractivity contribution in [1.82, 2.24) is 5.48 Å². The van der Waals surface area contributed by atoms with Crippen molar-refractivity contribution in [1.29, 1.82) is 0 Å². The molecule has 0 aliphatic rings. The van der Waals surface area contributed by atoms with Crippen molar-refractivity contribution in [2.24, 2.45) is 0 Å². The Kier molecular flexibility index (Phi) is 10.3. The summed E-state index contributed by atoms with van der Waals surface area (Å²) in [6.45, 7) is 9.97. The maximum atomic E-state index is 11.7. The largest absolute Gasteiger partial charge is 0.379 e. The zero-order valence-corrected chi connectivity index (χ0v) is 13.5. The summed E-state index contributed by atoms with van der Waals surface area (Å²) in [5.41, 5.74) is 4.09. The SMILES string of the molecule is CC.CC.Cc1ccc(C(=O)NOc2ccccc2)cc1. The Labute approximate surface area is 127 Å². The highest BCUT2D eigenvalue weighted by Gasteiger charge is 2.04. The smallest absolute Gasteiger partial charge is 0.283 e. The summed E-state index contributed by atoms with van der Waals surface area (Å²) in [5.74, 6) is 0.349. The van der Waals surface area contributed by atoms with Gasteiger partial charge in [-0.15, -0.1) is 0 Å². The van der Waals surface area contributed by atoms with E-state index in [2.05, 4.69) is 5.48 Å². The highest BCUT2D eigenvalue weighted by molar-refractivity contribution is 5.93. The number of amides is 1. The molecular formula is C18H25NO2. The number of hydroxylamine groups is 1. The maximum Gasteiger partial charge on any atom is 0.283 e. The molecule has 1 N–H and O–H groups in total. The van der Waals surface area contributed by atoms with Crippen LogP contribution in [-0.2, 0) is 0 Å². The lowest BCUT2D eigenvalue weighted by Crippen LogP contribution is -2.26. The van der Waals surface area contributed by atoms with Gasteiger partial charge < -0.3 is 4.84 Å². The molecule has 0 unspecified atom stereocenters. The van der Waals surface area contributed by atoms with E-state index in [1.54, 1.807) is 24.3 Å². The predicted molar refractivity (Wildman–Crippen MR) is 88.4 cm³/mol. The highest BCUT2D eigenvalue weighted by atomic mass is 16.7. The fourth-order valence-electron chi connectivity index (χ4n) is 1.36. The maximum absolute atomic E-state index is 11.7. The molecule has 21 heavy (non-hydrogen) atoms. The van der Waals surface area contributed by atoms with Gasteiger partial charge in [0.1, 0.15) is 0 Å². The molecule has 114 valence electrons. The van der Waals surface area contributed by atoms with E-state index < -0.39 is 0 Å². The van der Waals surface area contributed by atoms with Crippen LogP contribution < -0.4 is 10.3 Å². The summed E-state index contributed by atoms with van der Waals surface area (Å²) < 4.78 is 0. The van der Waals surface area contributed by atoms with Gasteiger partial charge in [-0.25, -0.2) is 0 Å². The van der Waals surface area contributed by atoms with Crippen molar-refractivity contribution in [2.45, 2.75) is 34.6 Å². The Balaban J connectivity index is 0.000000921. The standard InChI is InChI=1S/C14H13NO2.2C2H6/c1-11-7-9-12(10-8-11)14(16)15-17-13-5-3-2-4-6-13;2*1-2/h2-10H,1H3,(H,15,16);2*1-2H3. The number of rotatable bonds is 3. The number of para-hydroxylation sites is 1. The fourth-order valence-corrected chi connectivity index (χ4v) is 1.36. The molecule has 0 heterocycles. The Morgan fingerprint density at radius 3 is 1.90 bits per heavy atom. The first kappa shape index (κ1) is 18.7. The minimum absolute atomic E-state index is 0.256. The van der Waals surface area contributed by atoms with E-state index >= 15 is 0 Å². The molecule has 3 nitrogen and oxygen atoms in total. The van der Waals surface area contributed by atoms with E-state index in [4.69, 9.17) is 4.84 Å². The monoisotopic (exact) mass is 287 g/mol. The van der Waals surface area contributed by atoms with Gasteiger partial charge in [0.05, 0.1) is 0 Å². The van der Waals surface area contributed by atoms with Gasteiger partial charge in [-0.2, -0.15) is 5.48 Å². The molecule has 0 saturated carbocycles. The van der Waals surface area contributed by atoms with Crippen molar-refractivity contribution in [2.75, 3.05) is 0 Å². The summed E-state index contributed by atoms with van der Waals surface area (Å²) in [4.78, 5) is 16.8. The summed E-state index contributed by atoms with van der Waals surface area (Å²) >= 11 is 0. The molecule has 0 bridgehead atoms. The second kappa shape index (κ2) is 11.5. The molecule has 0 radical (unpaired) electrons. The molecule has 3 heteroatoms. The third-order valence-electron chi connectivity index (χ3n) is 2.32. The van der Waals surface area contributed by atoms with E-state index in [0.29, 0.717) is 11.3 Å². The van der Waals surface area contributed by atoms with Gasteiger partial charge in [-0.05, 0) is 31.2 Å². The molecule has 0 aromatic heterocycles. The number of hydrogen-bond donors (Lipinski definition) is 1. The molecular weight excluding hydrogens is 262 g/mol. The van der Waals surface area contributed by atoms with Crippen LogP contribution in [0.25, 0.3) is 0 Å². The first-order valence-corrected chi connectivity index (χ1v) is 7.34. The molecule has 0 atom stereocenters. The minimum Gasteiger partial charge on any atom is -0.379 e. The Hall–Kier alpha value is -2.29. The van der Waals surface area contributed by atoms with Gasteiger partial charge in [-0.3, -0.25) is 4.79 Å². The van der Waals surface area contributed by atoms with Crippen LogP contribution in [0.5, 0.6) is 5.75 Å². The van der Waals surface area contributed by atoms with Gasteiger partial charge in [0.25, 0.3) is 5.91 Å². The topological polar surface area (TPSA) is 38.3 Å². The minimum atomic E-state index is -0.256. The van der Waals surface area contributed by atoms with Crippen LogP contribution in [0.4, 0.5) is 0 Å². The first-order valence-electron chi connectivity index (χ1n) is 7.34. The van der Waals surface area contributed by atoms with Gasteiger partial charge >= 0.3 is 0 Å². The molecule has 0 spiro atoms. The van der Waals surface area contributed by atoms with Crippen molar-refractivity contribution in [3.63, 3.8) is 0 Å². The molecule has 2 aromatic rings. The summed E-state index contributed by atoms with van der Waals surface area (Å²) in [6.07, 6.45) is 0. The summed E-state index contributed by atoms with van der Waals surface area (Å²) in [6, 6.07) is 16.4. The number of benzene rings is 2. The molecule has 0 fully saturated rings. The fraction of sp³-hybridized carbons (Fsp3) is 0.278. The normalized spacial score (nSPS) is 8.43. The lowest BCUT2D eigenvalue weighted by atomic mass is 10.1. The van der Waals surface area contributed by atoms with Crippen molar-refractivity contribution in [3.8, 4) is 5.75 Å². The molecule has 0 aliphatic heterocycles. The second-order valence-corrected chi connectivity index (χ2v) is 3.71. The van der Waals surface area contributed by atoms with Crippen molar-refractivity contribution in [3.05, 3.63) is 65.7 Å². The van der Waals surface area contributed by atoms with Crippen LogP contribution in [0.15, 0.2) is 54.6 Å². The van der Waals surface area contributed by atoms with E-state index in [-0.39, 0.29) is 5.91 Å². The third kappa shape index (κ3) is 7.16. The van der Waals surface area contributed by atoms with Crippen LogP contribution >= 0.6 is 0 Å². The van der Waals surface area contributed by atoms with Gasteiger partial charge in [0, 0.05) is 5.56 Å². The molecule has 0 aliphatic carbocycles. The Bertz CT molecular complexity index is 492. The lowest BCUT2D eigenvalue weighted by Gasteiger charge is -2.06. The number of hydrogen-bond acceptors (Lipinski definition) is 2. The predicted octanol–water partition coefficient (Wildman–Crippen LogP) is 4.77. The van der Waals surface area contributed by atoms with Crippen LogP contribution in [0, 0.1) is 6.92 Å². The van der Waals surface area contributed by atoms with Crippen LogP contribution in [0.1, 0.15) is 43.6 Å². The number of nitrogens with one attached hydrogen (secondary N) is 1. The highest BCUT2D eigenvalue weighted by Crippen LogP contribution is 2.07. The summed E-state index contributed by atoms with van der Waals surface area (Å²) in [5, 5.41) is 0. The number of carbonyl (C=O) groups excluding carboxylic acids is 1. The van der Waals surface area contributed by atoms with Crippen molar-refractivity contribution < 1.29 is 9.63 Å². The Morgan fingerprint density at radius 2 is 1.38 bits per heavy atom. The molecule has 2 aromatic carbocycles. The summed E-state index contributed by atoms with van der Waals surface area (Å²) in [7, 11) is 0. The van der Waals surface area contributed by atoms with Gasteiger partial charge in [0.15, 0.2) is 5.75 Å². The molecule has 1 amide bonds. The lowest BCUT2D eigenvalue weighted by molar-refractivity contribution is 0.0760. The van der Waals surface area contributed by atoms with Crippen molar-refractivity contribution >= 4 is 5.91 Å². The average Bonchev–Trinajstić information content (AvgIpc) is 2.58. The van der Waals surface area contributed by atoms with Gasteiger partial charge in [-0.1, -0.05) is 63.6 Å². The zero-order valence-electron chi connectivity index (χ0n) is 13.5. The third-order valence-corrected chi connectivity index (χ3v) is 2.32. The van der Waals surface area contributed by atoms with E-state index in [0.717, 1.165) is 5.56 Å². The molecule has 2 rings (SSSR count). The van der Waals surface area contributed by atoms with Crippen LogP contribution in [0.3, 0.4) is 0 Å². The second-order valence-electron chi connectivity index (χ2n) is 3.71. The average molecular weight is 287 g/mol. The van der Waals surface area contributed by atoms with Crippen LogP contribution in [-0.4, -0.2) is 5.91 Å². The first-order chi connectivity index (χ1) is 10.3. The number of aryl methyl sites for hydroxylation is 1. The number of carbonyl (C=O) groups is 1. The Morgan fingerprint density at radius 1 is 0.857 bits per heavy atom. The van der Waals surface area contributed by atoms with Crippen LogP contribution in [0.2, 0.25) is 0 Å². The molecule has 0 saturated heterocycles. The quantitative estimate of drug-likeness (QED) is 0.826. The van der Waals surface area contributed by atoms with E-state index in [1.165, 1.54) is 0 Å². The van der Waals surface area contributed by atoms with E-state index in [9.17, 15) is 4.79 Å². The zero-order chi connectivity index (χ0) is 16.1. The van der Waals surface area contributed by atoms with Gasteiger partial charge in [0.2, 0.25) is 0 Å². The van der Waals surface area contributed by atoms with E-state index in [1.807, 2.05) is 65.0 Å².